The number of anilines is 2. The average Bonchev–Trinajstić information content (AvgIpc) is 2.55. The molecule has 118 valence electrons. The lowest BCUT2D eigenvalue weighted by atomic mass is 10.1. The molecule has 2 aromatic carbocycles. The van der Waals surface area contributed by atoms with Gasteiger partial charge in [0.15, 0.2) is 0 Å². The van der Waals surface area contributed by atoms with Gasteiger partial charge < -0.3 is 10.6 Å². The second kappa shape index (κ2) is 8.25. The van der Waals surface area contributed by atoms with E-state index in [1.165, 1.54) is 11.8 Å². The number of aryl methyl sites for hydroxylation is 2. The molecule has 4 nitrogen and oxygen atoms in total. The van der Waals surface area contributed by atoms with Gasteiger partial charge in [0.2, 0.25) is 5.91 Å². The highest BCUT2D eigenvalue weighted by atomic mass is 32.2. The van der Waals surface area contributed by atoms with Crippen molar-refractivity contribution in [2.24, 2.45) is 0 Å². The molecule has 0 fully saturated rings. The lowest BCUT2D eigenvalue weighted by Gasteiger charge is -2.12. The molecule has 2 N–H and O–H groups in total. The Morgan fingerprint density at radius 1 is 1.17 bits per heavy atom. The Hall–Kier alpha value is -2.45. The molecule has 0 bridgehead atoms. The van der Waals surface area contributed by atoms with Gasteiger partial charge in [-0.2, -0.15) is 5.26 Å². The van der Waals surface area contributed by atoms with E-state index in [4.69, 9.17) is 5.26 Å². The van der Waals surface area contributed by atoms with E-state index in [0.717, 1.165) is 27.4 Å². The zero-order valence-corrected chi connectivity index (χ0v) is 14.0. The number of thioether (sulfide) groups is 1. The maximum atomic E-state index is 12.2. The summed E-state index contributed by atoms with van der Waals surface area (Å²) in [7, 11) is 0. The second-order valence-corrected chi connectivity index (χ2v) is 6.18. The van der Waals surface area contributed by atoms with Gasteiger partial charge in [-0.15, -0.1) is 11.8 Å². The Morgan fingerprint density at radius 2 is 1.96 bits per heavy atom. The van der Waals surface area contributed by atoms with Crippen LogP contribution in [0.4, 0.5) is 11.4 Å². The third-order valence-electron chi connectivity index (χ3n) is 3.29. The minimum atomic E-state index is -0.115. The lowest BCUT2D eigenvalue weighted by Crippen LogP contribution is -2.22. The van der Waals surface area contributed by atoms with Crippen molar-refractivity contribution in [3.8, 4) is 6.07 Å². The minimum absolute atomic E-state index is 0.115. The first kappa shape index (κ1) is 16.9. The van der Waals surface area contributed by atoms with Gasteiger partial charge in [-0.25, -0.2) is 0 Å². The quantitative estimate of drug-likeness (QED) is 0.789. The number of nitrogens with zero attached hydrogens (tertiary/aromatic N) is 1. The summed E-state index contributed by atoms with van der Waals surface area (Å²) in [6, 6.07) is 15.7. The van der Waals surface area contributed by atoms with Crippen LogP contribution >= 0.6 is 11.8 Å². The molecule has 0 saturated carbocycles. The van der Waals surface area contributed by atoms with Gasteiger partial charge in [0, 0.05) is 10.6 Å². The SMILES string of the molecule is Cc1ccc(C)c(NCC(=O)Nc2ccccc2SCC#N)c1. The van der Waals surface area contributed by atoms with E-state index in [1.807, 2.05) is 56.3 Å². The number of hydrogen-bond acceptors (Lipinski definition) is 4. The fourth-order valence-electron chi connectivity index (χ4n) is 2.10. The van der Waals surface area contributed by atoms with Crippen LogP contribution in [0.25, 0.3) is 0 Å². The summed E-state index contributed by atoms with van der Waals surface area (Å²) in [6.07, 6.45) is 0. The van der Waals surface area contributed by atoms with E-state index in [1.54, 1.807) is 0 Å². The molecule has 0 aromatic heterocycles. The van der Waals surface area contributed by atoms with Gasteiger partial charge in [-0.1, -0.05) is 24.3 Å². The Labute approximate surface area is 140 Å². The largest absolute Gasteiger partial charge is 0.376 e. The van der Waals surface area contributed by atoms with Crippen LogP contribution in [-0.2, 0) is 4.79 Å². The molecule has 0 aliphatic carbocycles. The van der Waals surface area contributed by atoms with Crippen molar-refractivity contribution in [2.45, 2.75) is 18.7 Å². The first-order chi connectivity index (χ1) is 11.1. The monoisotopic (exact) mass is 325 g/mol. The first-order valence-corrected chi connectivity index (χ1v) is 8.28. The predicted octanol–water partition coefficient (Wildman–Crippen LogP) is 3.97. The van der Waals surface area contributed by atoms with E-state index < -0.39 is 0 Å². The maximum Gasteiger partial charge on any atom is 0.243 e. The third kappa shape index (κ3) is 5.04. The Bertz CT molecular complexity index is 737. The highest BCUT2D eigenvalue weighted by molar-refractivity contribution is 7.99. The molecule has 5 heteroatoms. The average molecular weight is 325 g/mol. The van der Waals surface area contributed by atoms with Crippen LogP contribution in [0.3, 0.4) is 0 Å². The van der Waals surface area contributed by atoms with Crippen LogP contribution in [0, 0.1) is 25.2 Å². The molecule has 2 aromatic rings. The van der Waals surface area contributed by atoms with Gasteiger partial charge in [0.05, 0.1) is 24.1 Å². The van der Waals surface area contributed by atoms with Gasteiger partial charge in [0.25, 0.3) is 0 Å². The Balaban J connectivity index is 1.97. The fourth-order valence-corrected chi connectivity index (χ4v) is 2.77. The van der Waals surface area contributed by atoms with E-state index >= 15 is 0 Å². The summed E-state index contributed by atoms with van der Waals surface area (Å²) in [5, 5.41) is 14.7. The van der Waals surface area contributed by atoms with Crippen molar-refractivity contribution in [3.63, 3.8) is 0 Å². The van der Waals surface area contributed by atoms with Crippen molar-refractivity contribution in [1.82, 2.24) is 0 Å². The Kier molecular flexibility index (Phi) is 6.07. The van der Waals surface area contributed by atoms with Crippen LogP contribution in [0.2, 0.25) is 0 Å². The summed E-state index contributed by atoms with van der Waals surface area (Å²) in [5.74, 6) is 0.240. The van der Waals surface area contributed by atoms with E-state index in [0.29, 0.717) is 5.75 Å². The molecular formula is C18H19N3OS. The molecule has 0 saturated heterocycles. The topological polar surface area (TPSA) is 64.9 Å². The fraction of sp³-hybridized carbons (Fsp3) is 0.222. The number of carbonyl (C=O) groups is 1. The van der Waals surface area contributed by atoms with Crippen LogP contribution in [0.15, 0.2) is 47.4 Å². The van der Waals surface area contributed by atoms with Crippen LogP contribution in [0.5, 0.6) is 0 Å². The van der Waals surface area contributed by atoms with E-state index in [-0.39, 0.29) is 12.5 Å². The molecule has 0 unspecified atom stereocenters. The van der Waals surface area contributed by atoms with Crippen molar-refractivity contribution >= 4 is 29.0 Å². The molecule has 0 spiro atoms. The van der Waals surface area contributed by atoms with E-state index in [9.17, 15) is 4.79 Å². The van der Waals surface area contributed by atoms with Crippen molar-refractivity contribution in [3.05, 3.63) is 53.6 Å². The van der Waals surface area contributed by atoms with Gasteiger partial charge >= 0.3 is 0 Å². The zero-order valence-electron chi connectivity index (χ0n) is 13.2. The van der Waals surface area contributed by atoms with Crippen LogP contribution < -0.4 is 10.6 Å². The van der Waals surface area contributed by atoms with Gasteiger partial charge in [0.1, 0.15) is 0 Å². The normalized spacial score (nSPS) is 9.96. The highest BCUT2D eigenvalue weighted by Gasteiger charge is 2.07. The summed E-state index contributed by atoms with van der Waals surface area (Å²) in [5.41, 5.74) is 3.96. The van der Waals surface area contributed by atoms with Crippen LogP contribution in [-0.4, -0.2) is 18.2 Å². The number of carbonyl (C=O) groups excluding carboxylic acids is 1. The van der Waals surface area contributed by atoms with Crippen molar-refractivity contribution < 1.29 is 4.79 Å². The standard InChI is InChI=1S/C18H19N3OS/c1-13-7-8-14(2)16(11-13)20-12-18(22)21-15-5-3-4-6-17(15)23-10-9-19/h3-8,11,20H,10,12H2,1-2H3,(H,21,22). The summed E-state index contributed by atoms with van der Waals surface area (Å²) in [4.78, 5) is 13.1. The number of nitrogens with one attached hydrogen (secondary N) is 2. The molecule has 0 atom stereocenters. The third-order valence-corrected chi connectivity index (χ3v) is 4.23. The van der Waals surface area contributed by atoms with Crippen molar-refractivity contribution in [2.75, 3.05) is 22.9 Å². The molecule has 1 amide bonds. The minimum Gasteiger partial charge on any atom is -0.376 e. The summed E-state index contributed by atoms with van der Waals surface area (Å²) in [6.45, 7) is 4.22. The predicted molar refractivity (Wildman–Crippen MR) is 95.8 cm³/mol. The zero-order chi connectivity index (χ0) is 16.7. The Morgan fingerprint density at radius 3 is 2.74 bits per heavy atom. The van der Waals surface area contributed by atoms with Crippen LogP contribution in [0.1, 0.15) is 11.1 Å². The number of benzene rings is 2. The molecule has 23 heavy (non-hydrogen) atoms. The number of hydrogen-bond donors (Lipinski definition) is 2. The molecule has 0 aliphatic heterocycles. The van der Waals surface area contributed by atoms with Gasteiger partial charge in [-0.3, -0.25) is 4.79 Å². The molecule has 0 heterocycles. The molecule has 0 aliphatic rings. The molecule has 2 rings (SSSR count). The summed E-state index contributed by atoms with van der Waals surface area (Å²) < 4.78 is 0. The lowest BCUT2D eigenvalue weighted by molar-refractivity contribution is -0.114. The van der Waals surface area contributed by atoms with Crippen molar-refractivity contribution in [1.29, 1.82) is 5.26 Å². The number of rotatable bonds is 6. The maximum absolute atomic E-state index is 12.2. The first-order valence-electron chi connectivity index (χ1n) is 7.30. The molecule has 0 radical (unpaired) electrons. The molecular weight excluding hydrogens is 306 g/mol. The number of para-hydroxylation sites is 1. The van der Waals surface area contributed by atoms with E-state index in [2.05, 4.69) is 16.7 Å². The number of nitriles is 1. The highest BCUT2D eigenvalue weighted by Crippen LogP contribution is 2.26. The number of amides is 1. The summed E-state index contributed by atoms with van der Waals surface area (Å²) >= 11 is 1.41. The smallest absolute Gasteiger partial charge is 0.243 e. The second-order valence-electron chi connectivity index (χ2n) is 5.16. The van der Waals surface area contributed by atoms with Gasteiger partial charge in [-0.05, 0) is 43.2 Å².